The highest BCUT2D eigenvalue weighted by molar-refractivity contribution is 5.72. The van der Waals surface area contributed by atoms with Crippen molar-refractivity contribution in [2.75, 3.05) is 36.5 Å². The van der Waals surface area contributed by atoms with E-state index in [9.17, 15) is 5.26 Å². The molecule has 0 spiro atoms. The third-order valence-corrected chi connectivity index (χ3v) is 5.93. The molecular formula is C22H25N7O2. The molecule has 0 atom stereocenters. The first kappa shape index (κ1) is 19.6. The van der Waals surface area contributed by atoms with Gasteiger partial charge in [0.1, 0.15) is 22.9 Å². The topological polar surface area (TPSA) is 101 Å². The second-order valence-corrected chi connectivity index (χ2v) is 7.93. The first-order valence-corrected chi connectivity index (χ1v) is 10.7. The van der Waals surface area contributed by atoms with Crippen LogP contribution in [0.25, 0.3) is 5.52 Å². The van der Waals surface area contributed by atoms with Crippen LogP contribution in [0.4, 0.5) is 11.6 Å². The lowest BCUT2D eigenvalue weighted by Crippen LogP contribution is -2.36. The molecule has 0 unspecified atom stereocenters. The van der Waals surface area contributed by atoms with Gasteiger partial charge in [0.2, 0.25) is 5.95 Å². The van der Waals surface area contributed by atoms with Crippen molar-refractivity contribution in [3.05, 3.63) is 42.5 Å². The molecule has 5 rings (SSSR count). The van der Waals surface area contributed by atoms with Gasteiger partial charge in [-0.05, 0) is 31.7 Å². The summed E-state index contributed by atoms with van der Waals surface area (Å²) in [6.07, 6.45) is 11.0. The summed E-state index contributed by atoms with van der Waals surface area (Å²) in [5.74, 6) is 1.39. The van der Waals surface area contributed by atoms with Crippen LogP contribution in [0.1, 0.15) is 31.2 Å². The number of pyridine rings is 1. The van der Waals surface area contributed by atoms with Crippen molar-refractivity contribution in [3.63, 3.8) is 0 Å². The van der Waals surface area contributed by atoms with Gasteiger partial charge in [0.05, 0.1) is 37.4 Å². The van der Waals surface area contributed by atoms with E-state index < -0.39 is 0 Å². The van der Waals surface area contributed by atoms with E-state index in [0.717, 1.165) is 55.7 Å². The summed E-state index contributed by atoms with van der Waals surface area (Å²) in [5, 5.41) is 17.3. The molecule has 4 heterocycles. The summed E-state index contributed by atoms with van der Waals surface area (Å²) >= 11 is 0. The van der Waals surface area contributed by atoms with E-state index in [-0.39, 0.29) is 6.10 Å². The van der Waals surface area contributed by atoms with Crippen LogP contribution in [-0.4, -0.2) is 58.0 Å². The third-order valence-electron chi connectivity index (χ3n) is 5.93. The Morgan fingerprint density at radius 2 is 1.90 bits per heavy atom. The number of nitrogens with one attached hydrogen (secondary N) is 1. The van der Waals surface area contributed by atoms with Gasteiger partial charge in [0.15, 0.2) is 0 Å². The number of hydrogen-bond donors (Lipinski definition) is 1. The molecule has 1 N–H and O–H groups in total. The van der Waals surface area contributed by atoms with Crippen LogP contribution in [0.5, 0.6) is 5.75 Å². The molecule has 3 aromatic rings. The number of fused-ring (bicyclic) bond motifs is 1. The summed E-state index contributed by atoms with van der Waals surface area (Å²) in [5.41, 5.74) is 2.30. The lowest BCUT2D eigenvalue weighted by Gasteiger charge is -2.31. The molecule has 0 radical (unpaired) electrons. The molecule has 2 fully saturated rings. The monoisotopic (exact) mass is 419 g/mol. The molecular weight excluding hydrogens is 394 g/mol. The Balaban J connectivity index is 1.32. The van der Waals surface area contributed by atoms with Crippen LogP contribution in [0, 0.1) is 11.3 Å². The molecule has 9 heteroatoms. The molecule has 2 aliphatic rings. The molecule has 0 amide bonds. The van der Waals surface area contributed by atoms with Crippen molar-refractivity contribution in [2.24, 2.45) is 0 Å². The maximum absolute atomic E-state index is 9.54. The highest BCUT2D eigenvalue weighted by Crippen LogP contribution is 2.33. The van der Waals surface area contributed by atoms with Crippen LogP contribution in [0.2, 0.25) is 0 Å². The van der Waals surface area contributed by atoms with Crippen LogP contribution >= 0.6 is 0 Å². The van der Waals surface area contributed by atoms with Crippen LogP contribution in [0.3, 0.4) is 0 Å². The van der Waals surface area contributed by atoms with Gasteiger partial charge < -0.3 is 19.7 Å². The van der Waals surface area contributed by atoms with Gasteiger partial charge in [-0.25, -0.2) is 14.5 Å². The molecule has 1 aliphatic heterocycles. The number of anilines is 2. The summed E-state index contributed by atoms with van der Waals surface area (Å²) < 4.78 is 13.7. The van der Waals surface area contributed by atoms with Crippen molar-refractivity contribution in [1.29, 1.82) is 5.26 Å². The van der Waals surface area contributed by atoms with Gasteiger partial charge in [0, 0.05) is 37.6 Å². The fourth-order valence-corrected chi connectivity index (χ4v) is 4.30. The van der Waals surface area contributed by atoms with Crippen molar-refractivity contribution in [2.45, 2.75) is 37.8 Å². The van der Waals surface area contributed by atoms with Crippen LogP contribution in [0.15, 0.2) is 36.9 Å². The molecule has 3 aromatic heterocycles. The van der Waals surface area contributed by atoms with Crippen molar-refractivity contribution in [3.8, 4) is 11.8 Å². The molecule has 9 nitrogen and oxygen atoms in total. The van der Waals surface area contributed by atoms with E-state index >= 15 is 0 Å². The molecule has 160 valence electrons. The van der Waals surface area contributed by atoms with Gasteiger partial charge in [-0.15, -0.1) is 0 Å². The summed E-state index contributed by atoms with van der Waals surface area (Å²) in [6.45, 7) is 3.07. The molecule has 31 heavy (non-hydrogen) atoms. The van der Waals surface area contributed by atoms with Crippen LogP contribution < -0.4 is 15.0 Å². The lowest BCUT2D eigenvalue weighted by molar-refractivity contribution is 0.122. The second-order valence-electron chi connectivity index (χ2n) is 7.93. The fourth-order valence-electron chi connectivity index (χ4n) is 4.30. The number of nitriles is 1. The third kappa shape index (κ3) is 4.25. The van der Waals surface area contributed by atoms with Crippen LogP contribution in [-0.2, 0) is 4.74 Å². The number of nitrogens with zero attached hydrogens (tertiary/aromatic N) is 6. The minimum Gasteiger partial charge on any atom is -0.488 e. The number of aromatic nitrogens is 4. The summed E-state index contributed by atoms with van der Waals surface area (Å²) in [7, 11) is 0. The normalized spacial score (nSPS) is 21.6. The highest BCUT2D eigenvalue weighted by atomic mass is 16.5. The maximum Gasteiger partial charge on any atom is 0.222 e. The van der Waals surface area contributed by atoms with Gasteiger partial charge in [-0.1, -0.05) is 0 Å². The maximum atomic E-state index is 9.54. The highest BCUT2D eigenvalue weighted by Gasteiger charge is 2.25. The van der Waals surface area contributed by atoms with Gasteiger partial charge in [-0.3, -0.25) is 0 Å². The zero-order valence-electron chi connectivity index (χ0n) is 17.3. The van der Waals surface area contributed by atoms with E-state index in [4.69, 9.17) is 9.47 Å². The van der Waals surface area contributed by atoms with E-state index in [1.54, 1.807) is 23.1 Å². The first-order chi connectivity index (χ1) is 15.3. The van der Waals surface area contributed by atoms with Crippen molar-refractivity contribution < 1.29 is 9.47 Å². The minimum atomic E-state index is 0.0972. The molecule has 1 saturated carbocycles. The average molecular weight is 419 g/mol. The smallest absolute Gasteiger partial charge is 0.222 e. The Labute approximate surface area is 180 Å². The Kier molecular flexibility index (Phi) is 5.54. The Morgan fingerprint density at radius 3 is 2.65 bits per heavy atom. The summed E-state index contributed by atoms with van der Waals surface area (Å²) in [6, 6.07) is 6.44. The van der Waals surface area contributed by atoms with E-state index in [2.05, 4.69) is 31.4 Å². The zero-order chi connectivity index (χ0) is 21.0. The van der Waals surface area contributed by atoms with Crippen molar-refractivity contribution >= 4 is 17.2 Å². The van der Waals surface area contributed by atoms with E-state index in [0.29, 0.717) is 30.8 Å². The second kappa shape index (κ2) is 8.78. The fraction of sp³-hybridized carbons (Fsp3) is 0.455. The number of rotatable bonds is 5. The zero-order valence-corrected chi connectivity index (χ0v) is 17.3. The number of ether oxygens (including phenoxy) is 2. The Morgan fingerprint density at radius 1 is 1.13 bits per heavy atom. The predicted octanol–water partition coefficient (Wildman–Crippen LogP) is 2.63. The first-order valence-electron chi connectivity index (χ1n) is 10.7. The van der Waals surface area contributed by atoms with Gasteiger partial charge in [0.25, 0.3) is 0 Å². The van der Waals surface area contributed by atoms with Crippen molar-refractivity contribution in [1.82, 2.24) is 19.6 Å². The van der Waals surface area contributed by atoms with E-state index in [1.807, 2.05) is 18.3 Å². The SMILES string of the molecule is N#Cc1cnn2cc(N3CCOCC3)cc(OC3CCC(Nc4ncccn4)CC3)c12. The Hall–Kier alpha value is -3.38. The van der Waals surface area contributed by atoms with Gasteiger partial charge in [-0.2, -0.15) is 10.4 Å². The van der Waals surface area contributed by atoms with E-state index in [1.165, 1.54) is 0 Å². The standard InChI is InChI=1S/C22H25N7O2/c23-13-16-14-26-29-15-18(28-8-10-30-11-9-28)12-20(21(16)29)31-19-4-2-17(3-5-19)27-22-24-6-1-7-25-22/h1,6-7,12,14-15,17,19H,2-5,8-11H2,(H,24,25,27). The molecule has 0 bridgehead atoms. The number of hydrogen-bond acceptors (Lipinski definition) is 8. The molecule has 1 saturated heterocycles. The lowest BCUT2D eigenvalue weighted by atomic mass is 9.93. The summed E-state index contributed by atoms with van der Waals surface area (Å²) in [4.78, 5) is 10.8. The largest absolute Gasteiger partial charge is 0.488 e. The molecule has 0 aromatic carbocycles. The predicted molar refractivity (Wildman–Crippen MR) is 115 cm³/mol. The van der Waals surface area contributed by atoms with Gasteiger partial charge >= 0.3 is 0 Å². The quantitative estimate of drug-likeness (QED) is 0.674. The number of morpholine rings is 1. The molecule has 1 aliphatic carbocycles. The minimum absolute atomic E-state index is 0.0972. The Bertz CT molecular complexity index is 1060. The average Bonchev–Trinajstić information content (AvgIpc) is 3.25.